The predicted molar refractivity (Wildman–Crippen MR) is 118 cm³/mol. The first kappa shape index (κ1) is 23.5. The molecular weight excluding hydrogens is 474 g/mol. The van der Waals surface area contributed by atoms with Gasteiger partial charge in [0.25, 0.3) is 0 Å². The predicted octanol–water partition coefficient (Wildman–Crippen LogP) is 3.59. The molecule has 2 rings (SSSR count). The molecule has 0 aliphatic heterocycles. The fourth-order valence-electron chi connectivity index (χ4n) is 2.43. The molecule has 28 heavy (non-hydrogen) atoms. The number of methoxy groups -OCH3 is 2. The molecule has 0 aliphatic carbocycles. The highest BCUT2D eigenvalue weighted by Crippen LogP contribution is 2.27. The standard InChI is InChI=1S/C20H23FN4O2.HI/c1-4-23-20(25-13-16-7-5-14(11-22)9-17(16)21)24-12-15-6-8-18(26-2)19(10-15)27-3;/h5-10H,4,12-13H2,1-3H3,(H2,23,24,25);1H. The van der Waals surface area contributed by atoms with Gasteiger partial charge in [0.1, 0.15) is 5.82 Å². The summed E-state index contributed by atoms with van der Waals surface area (Å²) in [5.41, 5.74) is 1.71. The van der Waals surface area contributed by atoms with Gasteiger partial charge in [0.15, 0.2) is 17.5 Å². The van der Waals surface area contributed by atoms with Gasteiger partial charge in [-0.2, -0.15) is 5.26 Å². The van der Waals surface area contributed by atoms with Gasteiger partial charge in [0, 0.05) is 18.7 Å². The normalized spacial score (nSPS) is 10.5. The van der Waals surface area contributed by atoms with Crippen molar-refractivity contribution >= 4 is 29.9 Å². The minimum absolute atomic E-state index is 0. The van der Waals surface area contributed by atoms with Crippen molar-refractivity contribution in [1.82, 2.24) is 10.6 Å². The molecule has 0 atom stereocenters. The average molecular weight is 498 g/mol. The van der Waals surface area contributed by atoms with Crippen LogP contribution in [0.25, 0.3) is 0 Å². The van der Waals surface area contributed by atoms with Crippen LogP contribution in [0.3, 0.4) is 0 Å². The van der Waals surface area contributed by atoms with E-state index in [2.05, 4.69) is 15.6 Å². The van der Waals surface area contributed by atoms with E-state index in [0.29, 0.717) is 41.7 Å². The fourth-order valence-corrected chi connectivity index (χ4v) is 2.43. The molecule has 2 aromatic rings. The molecule has 0 amide bonds. The van der Waals surface area contributed by atoms with Crippen molar-refractivity contribution in [1.29, 1.82) is 5.26 Å². The zero-order chi connectivity index (χ0) is 19.6. The second-order valence-electron chi connectivity index (χ2n) is 5.66. The Labute approximate surface area is 181 Å². The Hall–Kier alpha value is -2.54. The smallest absolute Gasteiger partial charge is 0.191 e. The third kappa shape index (κ3) is 6.56. The minimum atomic E-state index is -0.419. The van der Waals surface area contributed by atoms with Crippen molar-refractivity contribution < 1.29 is 13.9 Å². The number of ether oxygens (including phenoxy) is 2. The van der Waals surface area contributed by atoms with Crippen LogP contribution in [0.2, 0.25) is 0 Å². The van der Waals surface area contributed by atoms with Crippen molar-refractivity contribution in [2.24, 2.45) is 4.99 Å². The second kappa shape index (κ2) is 12.0. The third-order valence-corrected chi connectivity index (χ3v) is 3.84. The van der Waals surface area contributed by atoms with Crippen molar-refractivity contribution in [2.75, 3.05) is 20.8 Å². The first-order valence-corrected chi connectivity index (χ1v) is 8.52. The summed E-state index contributed by atoms with van der Waals surface area (Å²) >= 11 is 0. The minimum Gasteiger partial charge on any atom is -0.493 e. The number of halogens is 2. The van der Waals surface area contributed by atoms with E-state index in [9.17, 15) is 4.39 Å². The molecule has 0 aromatic heterocycles. The highest BCUT2D eigenvalue weighted by atomic mass is 127. The van der Waals surface area contributed by atoms with E-state index >= 15 is 0 Å². The first-order chi connectivity index (χ1) is 13.1. The molecule has 0 spiro atoms. The van der Waals surface area contributed by atoms with Crippen LogP contribution in [0.1, 0.15) is 23.6 Å². The van der Waals surface area contributed by atoms with Crippen molar-refractivity contribution in [3.8, 4) is 17.6 Å². The highest BCUT2D eigenvalue weighted by Gasteiger charge is 2.07. The van der Waals surface area contributed by atoms with Crippen LogP contribution < -0.4 is 20.1 Å². The van der Waals surface area contributed by atoms with Crippen molar-refractivity contribution in [3.63, 3.8) is 0 Å². The molecule has 0 aliphatic rings. The maximum atomic E-state index is 14.0. The molecule has 6 nitrogen and oxygen atoms in total. The Kier molecular flexibility index (Phi) is 10.1. The van der Waals surface area contributed by atoms with Crippen LogP contribution in [0.5, 0.6) is 11.5 Å². The van der Waals surface area contributed by atoms with Crippen LogP contribution >= 0.6 is 24.0 Å². The third-order valence-electron chi connectivity index (χ3n) is 3.84. The maximum Gasteiger partial charge on any atom is 0.191 e. The molecule has 8 heteroatoms. The lowest BCUT2D eigenvalue weighted by molar-refractivity contribution is 0.354. The van der Waals surface area contributed by atoms with Gasteiger partial charge in [-0.25, -0.2) is 9.38 Å². The summed E-state index contributed by atoms with van der Waals surface area (Å²) in [4.78, 5) is 4.52. The summed E-state index contributed by atoms with van der Waals surface area (Å²) in [5, 5.41) is 15.0. The van der Waals surface area contributed by atoms with Gasteiger partial charge in [-0.15, -0.1) is 24.0 Å². The lowest BCUT2D eigenvalue weighted by atomic mass is 10.1. The summed E-state index contributed by atoms with van der Waals surface area (Å²) in [6, 6.07) is 11.9. The summed E-state index contributed by atoms with van der Waals surface area (Å²) in [7, 11) is 3.17. The number of nitrogens with one attached hydrogen (secondary N) is 2. The molecule has 2 N–H and O–H groups in total. The highest BCUT2D eigenvalue weighted by molar-refractivity contribution is 14.0. The second-order valence-corrected chi connectivity index (χ2v) is 5.66. The Morgan fingerprint density at radius 2 is 1.86 bits per heavy atom. The van der Waals surface area contributed by atoms with E-state index in [-0.39, 0.29) is 30.5 Å². The lowest BCUT2D eigenvalue weighted by Gasteiger charge is -2.12. The summed E-state index contributed by atoms with van der Waals surface area (Å²) in [5.74, 6) is 1.45. The lowest BCUT2D eigenvalue weighted by Crippen LogP contribution is -2.37. The molecular formula is C20H24FIN4O2. The number of guanidine groups is 1. The van der Waals surface area contributed by atoms with Crippen LogP contribution in [-0.4, -0.2) is 26.7 Å². The molecule has 2 aromatic carbocycles. The monoisotopic (exact) mass is 498 g/mol. The van der Waals surface area contributed by atoms with Gasteiger partial charge in [-0.05, 0) is 36.8 Å². The Balaban J connectivity index is 0.00000392. The molecule has 0 fully saturated rings. The van der Waals surface area contributed by atoms with Crippen molar-refractivity contribution in [2.45, 2.75) is 20.0 Å². The van der Waals surface area contributed by atoms with E-state index < -0.39 is 5.82 Å². The van der Waals surface area contributed by atoms with E-state index in [4.69, 9.17) is 14.7 Å². The largest absolute Gasteiger partial charge is 0.493 e. The molecule has 0 radical (unpaired) electrons. The van der Waals surface area contributed by atoms with Gasteiger partial charge in [0.2, 0.25) is 0 Å². The number of benzene rings is 2. The molecule has 0 heterocycles. The van der Waals surface area contributed by atoms with Crippen LogP contribution in [0.4, 0.5) is 4.39 Å². The number of nitriles is 1. The number of aliphatic imine (C=N–C) groups is 1. The van der Waals surface area contributed by atoms with Gasteiger partial charge in [-0.1, -0.05) is 12.1 Å². The number of hydrogen-bond acceptors (Lipinski definition) is 4. The Bertz CT molecular complexity index is 853. The van der Waals surface area contributed by atoms with E-state index in [1.54, 1.807) is 26.4 Å². The van der Waals surface area contributed by atoms with Crippen LogP contribution in [-0.2, 0) is 13.1 Å². The summed E-state index contributed by atoms with van der Waals surface area (Å²) in [6.45, 7) is 3.31. The topological polar surface area (TPSA) is 78.7 Å². The van der Waals surface area contributed by atoms with E-state index in [1.165, 1.54) is 6.07 Å². The SMILES string of the molecule is CCNC(=NCc1ccc(OC)c(OC)c1)NCc1ccc(C#N)cc1F.I. The molecule has 0 unspecified atom stereocenters. The zero-order valence-corrected chi connectivity index (χ0v) is 18.4. The fraction of sp³-hybridized carbons (Fsp3) is 0.300. The number of hydrogen-bond donors (Lipinski definition) is 2. The Morgan fingerprint density at radius 1 is 1.11 bits per heavy atom. The van der Waals surface area contributed by atoms with Crippen molar-refractivity contribution in [3.05, 3.63) is 58.9 Å². The van der Waals surface area contributed by atoms with Gasteiger partial charge in [-0.3, -0.25) is 0 Å². The van der Waals surface area contributed by atoms with Crippen LogP contribution in [0, 0.1) is 17.1 Å². The van der Waals surface area contributed by atoms with Gasteiger partial charge in [0.05, 0.1) is 32.4 Å². The first-order valence-electron chi connectivity index (χ1n) is 8.52. The van der Waals surface area contributed by atoms with Gasteiger partial charge >= 0.3 is 0 Å². The molecule has 150 valence electrons. The molecule has 0 bridgehead atoms. The summed E-state index contributed by atoms with van der Waals surface area (Å²) < 4.78 is 24.5. The number of nitrogens with zero attached hydrogens (tertiary/aromatic N) is 2. The van der Waals surface area contributed by atoms with Crippen LogP contribution in [0.15, 0.2) is 41.4 Å². The molecule has 0 saturated heterocycles. The zero-order valence-electron chi connectivity index (χ0n) is 16.1. The quantitative estimate of drug-likeness (QED) is 0.347. The maximum absolute atomic E-state index is 14.0. The average Bonchev–Trinajstić information content (AvgIpc) is 2.70. The van der Waals surface area contributed by atoms with E-state index in [0.717, 1.165) is 5.56 Å². The van der Waals surface area contributed by atoms with E-state index in [1.807, 2.05) is 31.2 Å². The number of rotatable bonds is 7. The summed E-state index contributed by atoms with van der Waals surface area (Å²) in [6.07, 6.45) is 0. The Morgan fingerprint density at radius 3 is 2.46 bits per heavy atom. The molecule has 0 saturated carbocycles. The van der Waals surface area contributed by atoms with Gasteiger partial charge < -0.3 is 20.1 Å².